The molecule has 0 saturated carbocycles. The van der Waals surface area contributed by atoms with Gasteiger partial charge < -0.3 is 4.74 Å². The van der Waals surface area contributed by atoms with Crippen LogP contribution >= 0.6 is 0 Å². The van der Waals surface area contributed by atoms with E-state index in [0.29, 0.717) is 23.9 Å². The fourth-order valence-electron chi connectivity index (χ4n) is 3.12. The van der Waals surface area contributed by atoms with Crippen molar-refractivity contribution in [3.63, 3.8) is 0 Å². The summed E-state index contributed by atoms with van der Waals surface area (Å²) in [7, 11) is -3.54. The molecule has 0 radical (unpaired) electrons. The van der Waals surface area contributed by atoms with E-state index >= 15 is 0 Å². The van der Waals surface area contributed by atoms with E-state index in [9.17, 15) is 8.42 Å². The minimum atomic E-state index is -3.54. The molecule has 0 bridgehead atoms. The van der Waals surface area contributed by atoms with Crippen molar-refractivity contribution in [2.45, 2.75) is 57.0 Å². The van der Waals surface area contributed by atoms with Crippen molar-refractivity contribution in [2.75, 3.05) is 13.1 Å². The Balaban J connectivity index is 1.73. The molecule has 27 heavy (non-hydrogen) atoms. The van der Waals surface area contributed by atoms with Gasteiger partial charge in [-0.2, -0.15) is 9.40 Å². The van der Waals surface area contributed by atoms with Crippen LogP contribution in [0.25, 0.3) is 0 Å². The molecule has 1 fully saturated rings. The first-order valence-corrected chi connectivity index (χ1v) is 10.7. The number of ether oxygens (including phenoxy) is 1. The van der Waals surface area contributed by atoms with E-state index in [1.807, 2.05) is 25.1 Å². The highest BCUT2D eigenvalue weighted by molar-refractivity contribution is 7.89. The second kappa shape index (κ2) is 7.56. The maximum atomic E-state index is 13.0. The van der Waals surface area contributed by atoms with Gasteiger partial charge in [-0.25, -0.2) is 8.42 Å². The number of hydrogen-bond acceptors (Lipinski definition) is 5. The normalized spacial score (nSPS) is 19.0. The maximum Gasteiger partial charge on any atom is 0.243 e. The Morgan fingerprint density at radius 2 is 1.78 bits per heavy atom. The fraction of sp³-hybridized carbons (Fsp3) is 0.500. The van der Waals surface area contributed by atoms with Gasteiger partial charge in [0.1, 0.15) is 6.10 Å². The maximum absolute atomic E-state index is 13.0. The molecule has 0 spiro atoms. The van der Waals surface area contributed by atoms with Crippen LogP contribution in [0.5, 0.6) is 5.88 Å². The van der Waals surface area contributed by atoms with Crippen molar-refractivity contribution in [3.8, 4) is 5.88 Å². The summed E-state index contributed by atoms with van der Waals surface area (Å²) in [5.74, 6) is 0.430. The van der Waals surface area contributed by atoms with E-state index in [1.165, 1.54) is 4.31 Å². The fourth-order valence-corrected chi connectivity index (χ4v) is 4.63. The Hall–Kier alpha value is -1.99. The molecule has 2 heterocycles. The van der Waals surface area contributed by atoms with Crippen molar-refractivity contribution in [1.82, 2.24) is 14.5 Å². The van der Waals surface area contributed by atoms with Crippen LogP contribution in [-0.2, 0) is 15.4 Å². The van der Waals surface area contributed by atoms with Gasteiger partial charge in [0.25, 0.3) is 0 Å². The van der Waals surface area contributed by atoms with Gasteiger partial charge in [0.05, 0.1) is 17.1 Å². The molecule has 0 N–H and O–H groups in total. The smallest absolute Gasteiger partial charge is 0.243 e. The molecule has 1 aromatic heterocycles. The summed E-state index contributed by atoms with van der Waals surface area (Å²) in [6.07, 6.45) is 1.33. The average molecular weight is 390 g/mol. The van der Waals surface area contributed by atoms with Crippen molar-refractivity contribution in [2.24, 2.45) is 0 Å². The monoisotopic (exact) mass is 389 g/mol. The highest BCUT2D eigenvalue weighted by Crippen LogP contribution is 2.26. The lowest BCUT2D eigenvalue weighted by Gasteiger charge is -2.31. The molecule has 2 aromatic rings. The van der Waals surface area contributed by atoms with Crippen LogP contribution in [-0.4, -0.2) is 42.1 Å². The summed E-state index contributed by atoms with van der Waals surface area (Å²) in [5, 5.41) is 7.99. The number of aryl methyl sites for hydroxylation is 1. The number of sulfonamides is 1. The Kier molecular flexibility index (Phi) is 5.53. The molecule has 1 aromatic carbocycles. The molecule has 1 atom stereocenters. The van der Waals surface area contributed by atoms with E-state index in [-0.39, 0.29) is 11.5 Å². The molecule has 1 aliphatic rings. The first kappa shape index (κ1) is 19.8. The van der Waals surface area contributed by atoms with Crippen molar-refractivity contribution >= 4 is 10.0 Å². The van der Waals surface area contributed by atoms with Crippen molar-refractivity contribution in [3.05, 3.63) is 47.7 Å². The molecule has 0 amide bonds. The van der Waals surface area contributed by atoms with Gasteiger partial charge >= 0.3 is 0 Å². The Bertz CT molecular complexity index is 872. The van der Waals surface area contributed by atoms with E-state index in [2.05, 4.69) is 31.0 Å². The first-order valence-electron chi connectivity index (χ1n) is 9.24. The second-order valence-electron chi connectivity index (χ2n) is 8.03. The quantitative estimate of drug-likeness (QED) is 0.802. The van der Waals surface area contributed by atoms with Crippen LogP contribution in [0.15, 0.2) is 41.3 Å². The van der Waals surface area contributed by atoms with Gasteiger partial charge in [0.15, 0.2) is 0 Å². The summed E-state index contributed by atoms with van der Waals surface area (Å²) in [4.78, 5) is 0.325. The largest absolute Gasteiger partial charge is 0.472 e. The Morgan fingerprint density at radius 3 is 2.37 bits per heavy atom. The summed E-state index contributed by atoms with van der Waals surface area (Å²) in [5.41, 5.74) is 1.91. The van der Waals surface area contributed by atoms with Gasteiger partial charge in [-0.15, -0.1) is 5.10 Å². The van der Waals surface area contributed by atoms with Crippen LogP contribution in [0.2, 0.25) is 0 Å². The standard InChI is InChI=1S/C20H27N3O3S/c1-15-7-12-19(22-21-15)26-17-6-5-13-23(14-17)27(24,25)18-10-8-16(9-11-18)20(2,3)4/h7-12,17H,5-6,13-14H2,1-4H3. The first-order chi connectivity index (χ1) is 12.7. The lowest BCUT2D eigenvalue weighted by molar-refractivity contribution is 0.123. The summed E-state index contributed by atoms with van der Waals surface area (Å²) < 4.78 is 33.4. The van der Waals surface area contributed by atoms with Gasteiger partial charge in [-0.3, -0.25) is 0 Å². The molecule has 0 aliphatic carbocycles. The molecule has 6 nitrogen and oxygen atoms in total. The molecular formula is C20H27N3O3S. The highest BCUT2D eigenvalue weighted by atomic mass is 32.2. The molecule has 7 heteroatoms. The third-order valence-electron chi connectivity index (χ3n) is 4.76. The van der Waals surface area contributed by atoms with Crippen LogP contribution in [0.4, 0.5) is 0 Å². The van der Waals surface area contributed by atoms with Gasteiger partial charge in [0, 0.05) is 12.6 Å². The molecule has 1 aliphatic heterocycles. The van der Waals surface area contributed by atoms with E-state index in [1.54, 1.807) is 18.2 Å². The summed E-state index contributed by atoms with van der Waals surface area (Å²) in [6, 6.07) is 10.8. The van der Waals surface area contributed by atoms with Crippen LogP contribution in [0.1, 0.15) is 44.9 Å². The van der Waals surface area contributed by atoms with Gasteiger partial charge in [-0.05, 0) is 48.9 Å². The third-order valence-corrected chi connectivity index (χ3v) is 6.64. The zero-order valence-corrected chi connectivity index (χ0v) is 17.2. The van der Waals surface area contributed by atoms with E-state index < -0.39 is 10.0 Å². The third kappa shape index (κ3) is 4.65. The molecule has 3 rings (SSSR count). The van der Waals surface area contributed by atoms with Crippen LogP contribution in [0.3, 0.4) is 0 Å². The van der Waals surface area contributed by atoms with Crippen molar-refractivity contribution < 1.29 is 13.2 Å². The number of hydrogen-bond donors (Lipinski definition) is 0. The van der Waals surface area contributed by atoms with Gasteiger partial charge in [-0.1, -0.05) is 32.9 Å². The number of nitrogens with zero attached hydrogens (tertiary/aromatic N) is 3. The number of aromatic nitrogens is 2. The van der Waals surface area contributed by atoms with E-state index in [0.717, 1.165) is 24.1 Å². The predicted octanol–water partition coefficient (Wildman–Crippen LogP) is 3.31. The second-order valence-corrected chi connectivity index (χ2v) is 9.97. The number of rotatable bonds is 4. The minimum absolute atomic E-state index is 0.0125. The zero-order valence-electron chi connectivity index (χ0n) is 16.3. The molecule has 1 saturated heterocycles. The van der Waals surface area contributed by atoms with Crippen molar-refractivity contribution in [1.29, 1.82) is 0 Å². The lowest BCUT2D eigenvalue weighted by Crippen LogP contribution is -2.44. The molecule has 1 unspecified atom stereocenters. The van der Waals surface area contributed by atoms with Crippen LogP contribution < -0.4 is 4.74 Å². The Labute approximate surface area is 161 Å². The number of piperidine rings is 1. The summed E-state index contributed by atoms with van der Waals surface area (Å²) in [6.45, 7) is 9.00. The van der Waals surface area contributed by atoms with Crippen LogP contribution in [0, 0.1) is 6.92 Å². The topological polar surface area (TPSA) is 72.4 Å². The molecular weight excluding hydrogens is 362 g/mol. The van der Waals surface area contributed by atoms with Gasteiger partial charge in [0.2, 0.25) is 15.9 Å². The molecule has 146 valence electrons. The average Bonchev–Trinajstić information content (AvgIpc) is 2.63. The van der Waals surface area contributed by atoms with E-state index in [4.69, 9.17) is 4.74 Å². The lowest BCUT2D eigenvalue weighted by atomic mass is 9.87. The zero-order chi connectivity index (χ0) is 19.7. The number of benzene rings is 1. The SMILES string of the molecule is Cc1ccc(OC2CCCN(S(=O)(=O)c3ccc(C(C)(C)C)cc3)C2)nn1. The minimum Gasteiger partial charge on any atom is -0.472 e. The summed E-state index contributed by atoms with van der Waals surface area (Å²) >= 11 is 0. The predicted molar refractivity (Wildman–Crippen MR) is 104 cm³/mol. The highest BCUT2D eigenvalue weighted by Gasteiger charge is 2.31. The Morgan fingerprint density at radius 1 is 1.07 bits per heavy atom.